The standard InChI is InChI=1S/C23H32N4O/c28-23-13-21(19-9-5-2-6-10-19)26(14-17-7-3-1-4-8-17)16-22(23)27-15-20(24-25-27)18-11-12-18/h2,5-6,9-10,15,17-18,21-23,28H,1,3-4,7-8,11-14,16H2/t21-,22+,23-/m1/s1. The van der Waals surface area contributed by atoms with Crippen LogP contribution in [0.3, 0.4) is 0 Å². The average molecular weight is 381 g/mol. The van der Waals surface area contributed by atoms with Crippen LogP contribution in [0.25, 0.3) is 0 Å². The number of likely N-dealkylation sites (tertiary alicyclic amines) is 1. The van der Waals surface area contributed by atoms with Gasteiger partial charge in [0.15, 0.2) is 0 Å². The highest BCUT2D eigenvalue weighted by atomic mass is 16.3. The Hall–Kier alpha value is -1.72. The molecule has 5 heteroatoms. The molecule has 0 radical (unpaired) electrons. The van der Waals surface area contributed by atoms with Gasteiger partial charge in [-0.1, -0.05) is 54.8 Å². The first-order valence-electron chi connectivity index (χ1n) is 11.2. The van der Waals surface area contributed by atoms with E-state index in [0.29, 0.717) is 12.0 Å². The molecule has 3 aliphatic rings. The highest BCUT2D eigenvalue weighted by molar-refractivity contribution is 5.20. The van der Waals surface area contributed by atoms with Gasteiger partial charge in [0, 0.05) is 31.2 Å². The predicted molar refractivity (Wildman–Crippen MR) is 109 cm³/mol. The fourth-order valence-electron chi connectivity index (χ4n) is 5.23. The fraction of sp³-hybridized carbons (Fsp3) is 0.652. The number of aliphatic hydroxyl groups is 1. The van der Waals surface area contributed by atoms with Crippen molar-refractivity contribution >= 4 is 0 Å². The highest BCUT2D eigenvalue weighted by Gasteiger charge is 2.38. The maximum absolute atomic E-state index is 11.0. The van der Waals surface area contributed by atoms with E-state index in [1.165, 1.54) is 50.5 Å². The van der Waals surface area contributed by atoms with E-state index in [1.807, 2.05) is 4.68 Å². The lowest BCUT2D eigenvalue weighted by Crippen LogP contribution is -2.47. The number of aliphatic hydroxyl groups excluding tert-OH is 1. The van der Waals surface area contributed by atoms with Crippen LogP contribution in [-0.2, 0) is 0 Å². The van der Waals surface area contributed by atoms with Crippen LogP contribution in [0.1, 0.15) is 80.6 Å². The quantitative estimate of drug-likeness (QED) is 0.849. The van der Waals surface area contributed by atoms with Gasteiger partial charge in [-0.15, -0.1) is 5.10 Å². The molecule has 0 spiro atoms. The Balaban J connectivity index is 1.37. The Kier molecular flexibility index (Phi) is 5.20. The van der Waals surface area contributed by atoms with Gasteiger partial charge < -0.3 is 5.11 Å². The van der Waals surface area contributed by atoms with Crippen molar-refractivity contribution in [2.45, 2.75) is 75.5 Å². The van der Waals surface area contributed by atoms with Gasteiger partial charge in [-0.2, -0.15) is 0 Å². The van der Waals surface area contributed by atoms with Crippen molar-refractivity contribution < 1.29 is 5.11 Å². The summed E-state index contributed by atoms with van der Waals surface area (Å²) in [5.41, 5.74) is 2.43. The van der Waals surface area contributed by atoms with E-state index < -0.39 is 0 Å². The number of benzene rings is 1. The molecule has 150 valence electrons. The first-order chi connectivity index (χ1) is 13.8. The van der Waals surface area contributed by atoms with Gasteiger partial charge in [0.25, 0.3) is 0 Å². The molecule has 1 aromatic carbocycles. The van der Waals surface area contributed by atoms with Gasteiger partial charge >= 0.3 is 0 Å². The van der Waals surface area contributed by atoms with Gasteiger partial charge in [-0.3, -0.25) is 4.90 Å². The van der Waals surface area contributed by atoms with Gasteiger partial charge in [0.05, 0.1) is 17.8 Å². The minimum Gasteiger partial charge on any atom is -0.391 e. The molecule has 1 N–H and O–H groups in total. The number of aromatic nitrogens is 3. The van der Waals surface area contributed by atoms with Crippen LogP contribution >= 0.6 is 0 Å². The summed E-state index contributed by atoms with van der Waals surface area (Å²) in [5.74, 6) is 1.39. The molecule has 0 amide bonds. The van der Waals surface area contributed by atoms with Gasteiger partial charge in [-0.25, -0.2) is 4.68 Å². The zero-order valence-corrected chi connectivity index (χ0v) is 16.7. The molecule has 5 nitrogen and oxygen atoms in total. The van der Waals surface area contributed by atoms with Gasteiger partial charge in [0.2, 0.25) is 0 Å². The maximum atomic E-state index is 11.0. The zero-order valence-electron chi connectivity index (χ0n) is 16.7. The molecule has 2 saturated carbocycles. The molecule has 0 bridgehead atoms. The molecular weight excluding hydrogens is 348 g/mol. The number of rotatable bonds is 5. The van der Waals surface area contributed by atoms with Crippen molar-refractivity contribution in [3.8, 4) is 0 Å². The molecule has 3 atom stereocenters. The van der Waals surface area contributed by atoms with E-state index in [-0.39, 0.29) is 12.1 Å². The molecule has 1 saturated heterocycles. The average Bonchev–Trinajstić information content (AvgIpc) is 3.48. The lowest BCUT2D eigenvalue weighted by molar-refractivity contribution is -0.0154. The molecular formula is C23H32N4O. The summed E-state index contributed by atoms with van der Waals surface area (Å²) in [6.45, 7) is 1.98. The van der Waals surface area contributed by atoms with E-state index in [0.717, 1.165) is 31.1 Å². The van der Waals surface area contributed by atoms with Crippen LogP contribution in [0, 0.1) is 5.92 Å². The summed E-state index contributed by atoms with van der Waals surface area (Å²) in [6, 6.07) is 11.0. The van der Waals surface area contributed by atoms with Crippen LogP contribution < -0.4 is 0 Å². The summed E-state index contributed by atoms with van der Waals surface area (Å²) in [4.78, 5) is 2.63. The van der Waals surface area contributed by atoms with Crippen molar-refractivity contribution in [3.63, 3.8) is 0 Å². The Morgan fingerprint density at radius 2 is 1.79 bits per heavy atom. The van der Waals surface area contributed by atoms with Crippen molar-refractivity contribution in [2.24, 2.45) is 5.92 Å². The van der Waals surface area contributed by atoms with Gasteiger partial charge in [0.1, 0.15) is 0 Å². The number of hydrogen-bond donors (Lipinski definition) is 1. The molecule has 2 aromatic rings. The third kappa shape index (κ3) is 3.87. The monoisotopic (exact) mass is 380 g/mol. The molecule has 3 fully saturated rings. The van der Waals surface area contributed by atoms with Crippen LogP contribution in [0.15, 0.2) is 36.5 Å². The summed E-state index contributed by atoms with van der Waals surface area (Å²) in [6.07, 6.45) is 11.8. The Bertz CT molecular complexity index is 766. The minimum absolute atomic E-state index is 0.00329. The third-order valence-electron chi connectivity index (χ3n) is 7.04. The number of hydrogen-bond acceptors (Lipinski definition) is 4. The predicted octanol–water partition coefficient (Wildman–Crippen LogP) is 4.08. The second-order valence-electron chi connectivity index (χ2n) is 9.15. The largest absolute Gasteiger partial charge is 0.391 e. The molecule has 5 rings (SSSR count). The van der Waals surface area contributed by atoms with E-state index in [1.54, 1.807) is 0 Å². The van der Waals surface area contributed by atoms with E-state index in [9.17, 15) is 5.11 Å². The first-order valence-corrected chi connectivity index (χ1v) is 11.2. The van der Waals surface area contributed by atoms with E-state index in [4.69, 9.17) is 0 Å². The van der Waals surface area contributed by atoms with Crippen LogP contribution in [0.5, 0.6) is 0 Å². The summed E-state index contributed by atoms with van der Waals surface area (Å²) in [7, 11) is 0. The summed E-state index contributed by atoms with van der Waals surface area (Å²) >= 11 is 0. The second-order valence-corrected chi connectivity index (χ2v) is 9.15. The first kappa shape index (κ1) is 18.3. The Labute approximate surface area is 167 Å². The molecule has 28 heavy (non-hydrogen) atoms. The summed E-state index contributed by atoms with van der Waals surface area (Å²) < 4.78 is 1.95. The molecule has 1 aromatic heterocycles. The Morgan fingerprint density at radius 3 is 2.54 bits per heavy atom. The van der Waals surface area contributed by atoms with E-state index in [2.05, 4.69) is 51.7 Å². The van der Waals surface area contributed by atoms with E-state index >= 15 is 0 Å². The topological polar surface area (TPSA) is 54.2 Å². The van der Waals surface area contributed by atoms with Crippen LogP contribution in [0.4, 0.5) is 0 Å². The van der Waals surface area contributed by atoms with Crippen molar-refractivity contribution in [1.82, 2.24) is 19.9 Å². The lowest BCUT2D eigenvalue weighted by Gasteiger charge is -2.44. The zero-order chi connectivity index (χ0) is 18.9. The lowest BCUT2D eigenvalue weighted by atomic mass is 9.85. The normalized spacial score (nSPS) is 29.8. The molecule has 0 unspecified atom stereocenters. The SMILES string of the molecule is O[C@@H]1C[C@H](c2ccccc2)N(CC2CCCCC2)C[C@@H]1n1cc(C2CC2)nn1. The van der Waals surface area contributed by atoms with Crippen LogP contribution in [0.2, 0.25) is 0 Å². The third-order valence-corrected chi connectivity index (χ3v) is 7.04. The highest BCUT2D eigenvalue weighted by Crippen LogP contribution is 2.40. The molecule has 1 aliphatic heterocycles. The van der Waals surface area contributed by atoms with Crippen LogP contribution in [-0.4, -0.2) is 44.2 Å². The molecule has 2 heterocycles. The Morgan fingerprint density at radius 1 is 1.00 bits per heavy atom. The number of piperidine rings is 1. The molecule has 2 aliphatic carbocycles. The summed E-state index contributed by atoms with van der Waals surface area (Å²) in [5, 5.41) is 19.8. The number of nitrogens with zero attached hydrogens (tertiary/aromatic N) is 4. The van der Waals surface area contributed by atoms with Crippen molar-refractivity contribution in [1.29, 1.82) is 0 Å². The van der Waals surface area contributed by atoms with Crippen molar-refractivity contribution in [3.05, 3.63) is 47.8 Å². The smallest absolute Gasteiger partial charge is 0.0923 e. The maximum Gasteiger partial charge on any atom is 0.0923 e. The fourth-order valence-corrected chi connectivity index (χ4v) is 5.23. The van der Waals surface area contributed by atoms with Gasteiger partial charge in [-0.05, 0) is 43.6 Å². The minimum atomic E-state index is -0.387. The second kappa shape index (κ2) is 7.96. The van der Waals surface area contributed by atoms with Crippen molar-refractivity contribution in [2.75, 3.05) is 13.1 Å².